The highest BCUT2D eigenvalue weighted by Gasteiger charge is 2.30. The van der Waals surface area contributed by atoms with E-state index in [9.17, 15) is 9.59 Å². The topological polar surface area (TPSA) is 82.5 Å². The van der Waals surface area contributed by atoms with Gasteiger partial charge in [-0.05, 0) is 43.4 Å². The van der Waals surface area contributed by atoms with Gasteiger partial charge in [0.25, 0.3) is 0 Å². The minimum atomic E-state index is -0.766. The fourth-order valence-electron chi connectivity index (χ4n) is 2.57. The first kappa shape index (κ1) is 15.3. The van der Waals surface area contributed by atoms with Crippen molar-refractivity contribution in [3.05, 3.63) is 30.1 Å². The summed E-state index contributed by atoms with van der Waals surface area (Å²) in [6, 6.07) is 3.70. The van der Waals surface area contributed by atoms with Crippen LogP contribution in [0.2, 0.25) is 0 Å². The lowest BCUT2D eigenvalue weighted by atomic mass is 10.1. The predicted molar refractivity (Wildman–Crippen MR) is 77.9 cm³/mol. The normalized spacial score (nSPS) is 21.0. The Bertz CT molecular complexity index is 492. The van der Waals surface area contributed by atoms with E-state index in [0.29, 0.717) is 19.4 Å². The standard InChI is InChI=1S/C15H21N3O3/c1-18(9-6-11-4-7-16-8-5-11)15(21)17-13-3-2-12(10-13)14(19)20/h4-5,7-8,12-13H,2-3,6,9-10H2,1H3,(H,17,21)(H,19,20). The van der Waals surface area contributed by atoms with E-state index in [0.717, 1.165) is 18.4 Å². The number of carboxylic acid groups (broad SMARTS) is 1. The van der Waals surface area contributed by atoms with E-state index in [1.807, 2.05) is 12.1 Å². The van der Waals surface area contributed by atoms with Gasteiger partial charge < -0.3 is 15.3 Å². The quantitative estimate of drug-likeness (QED) is 0.861. The largest absolute Gasteiger partial charge is 0.481 e. The van der Waals surface area contributed by atoms with Gasteiger partial charge in [-0.3, -0.25) is 9.78 Å². The number of hydrogen-bond acceptors (Lipinski definition) is 3. The fraction of sp³-hybridized carbons (Fsp3) is 0.533. The van der Waals surface area contributed by atoms with E-state index < -0.39 is 5.97 Å². The van der Waals surface area contributed by atoms with Gasteiger partial charge >= 0.3 is 12.0 Å². The van der Waals surface area contributed by atoms with Gasteiger partial charge in [-0.15, -0.1) is 0 Å². The molecule has 2 unspecified atom stereocenters. The van der Waals surface area contributed by atoms with Crippen molar-refractivity contribution in [2.75, 3.05) is 13.6 Å². The number of carboxylic acids is 1. The molecule has 1 aromatic heterocycles. The van der Waals surface area contributed by atoms with Gasteiger partial charge in [-0.2, -0.15) is 0 Å². The van der Waals surface area contributed by atoms with Crippen LogP contribution in [0.1, 0.15) is 24.8 Å². The van der Waals surface area contributed by atoms with Crippen LogP contribution in [0.25, 0.3) is 0 Å². The van der Waals surface area contributed by atoms with E-state index in [1.54, 1.807) is 24.3 Å². The van der Waals surface area contributed by atoms with E-state index in [-0.39, 0.29) is 18.0 Å². The summed E-state index contributed by atoms with van der Waals surface area (Å²) in [6.07, 6.45) is 6.15. The van der Waals surface area contributed by atoms with Gasteiger partial charge in [0.2, 0.25) is 0 Å². The Labute approximate surface area is 124 Å². The highest BCUT2D eigenvalue weighted by Crippen LogP contribution is 2.25. The Morgan fingerprint density at radius 1 is 1.38 bits per heavy atom. The molecule has 1 fully saturated rings. The average Bonchev–Trinajstić information content (AvgIpc) is 2.94. The zero-order chi connectivity index (χ0) is 15.2. The molecular formula is C15H21N3O3. The number of aromatic nitrogens is 1. The van der Waals surface area contributed by atoms with Gasteiger partial charge in [-0.25, -0.2) is 4.79 Å². The summed E-state index contributed by atoms with van der Waals surface area (Å²) in [6.45, 7) is 0.616. The Morgan fingerprint density at radius 3 is 2.71 bits per heavy atom. The second kappa shape index (κ2) is 7.06. The second-order valence-corrected chi connectivity index (χ2v) is 5.52. The number of carbonyl (C=O) groups excluding carboxylic acids is 1. The molecule has 2 N–H and O–H groups in total. The first-order valence-corrected chi connectivity index (χ1v) is 7.19. The molecule has 2 rings (SSSR count). The molecule has 21 heavy (non-hydrogen) atoms. The summed E-state index contributed by atoms with van der Waals surface area (Å²) >= 11 is 0. The van der Waals surface area contributed by atoms with Crippen LogP contribution in [-0.2, 0) is 11.2 Å². The van der Waals surface area contributed by atoms with Gasteiger partial charge in [0, 0.05) is 32.0 Å². The predicted octanol–water partition coefficient (Wildman–Crippen LogP) is 1.52. The van der Waals surface area contributed by atoms with Gasteiger partial charge in [0.15, 0.2) is 0 Å². The first-order chi connectivity index (χ1) is 10.1. The lowest BCUT2D eigenvalue weighted by Crippen LogP contribution is -2.43. The molecule has 1 heterocycles. The number of nitrogens with one attached hydrogen (secondary N) is 1. The summed E-state index contributed by atoms with van der Waals surface area (Å²) in [4.78, 5) is 28.5. The third kappa shape index (κ3) is 4.44. The molecule has 1 aromatic rings. The molecule has 1 saturated carbocycles. The Morgan fingerprint density at radius 2 is 2.10 bits per heavy atom. The molecule has 114 valence electrons. The number of nitrogens with zero attached hydrogens (tertiary/aromatic N) is 2. The van der Waals surface area contributed by atoms with Crippen molar-refractivity contribution in [3.8, 4) is 0 Å². The van der Waals surface area contributed by atoms with Crippen molar-refractivity contribution in [1.82, 2.24) is 15.2 Å². The molecule has 2 amide bonds. The summed E-state index contributed by atoms with van der Waals surface area (Å²) in [5.41, 5.74) is 1.14. The van der Waals surface area contributed by atoms with Crippen molar-refractivity contribution in [2.45, 2.75) is 31.7 Å². The van der Waals surface area contributed by atoms with Crippen molar-refractivity contribution >= 4 is 12.0 Å². The number of likely N-dealkylation sites (N-methyl/N-ethyl adjacent to an activating group) is 1. The number of carbonyl (C=O) groups is 2. The van der Waals surface area contributed by atoms with Crippen molar-refractivity contribution in [1.29, 1.82) is 0 Å². The lowest BCUT2D eigenvalue weighted by Gasteiger charge is -2.21. The minimum Gasteiger partial charge on any atom is -0.481 e. The molecule has 1 aliphatic carbocycles. The maximum atomic E-state index is 12.1. The van der Waals surface area contributed by atoms with Crippen molar-refractivity contribution in [2.24, 2.45) is 5.92 Å². The summed E-state index contributed by atoms with van der Waals surface area (Å²) in [5, 5.41) is 11.9. The number of amides is 2. The summed E-state index contributed by atoms with van der Waals surface area (Å²) in [5.74, 6) is -1.09. The molecule has 2 atom stereocenters. The van der Waals surface area contributed by atoms with Crippen LogP contribution < -0.4 is 5.32 Å². The highest BCUT2D eigenvalue weighted by atomic mass is 16.4. The highest BCUT2D eigenvalue weighted by molar-refractivity contribution is 5.75. The maximum absolute atomic E-state index is 12.1. The molecule has 0 bridgehead atoms. The van der Waals surface area contributed by atoms with Gasteiger partial charge in [-0.1, -0.05) is 0 Å². The smallest absolute Gasteiger partial charge is 0.317 e. The molecular weight excluding hydrogens is 270 g/mol. The number of hydrogen-bond donors (Lipinski definition) is 2. The van der Waals surface area contributed by atoms with Crippen LogP contribution in [0, 0.1) is 5.92 Å². The minimum absolute atomic E-state index is 0.0259. The van der Waals surface area contributed by atoms with Crippen LogP contribution >= 0.6 is 0 Å². The van der Waals surface area contributed by atoms with Crippen molar-refractivity contribution in [3.63, 3.8) is 0 Å². The summed E-state index contributed by atoms with van der Waals surface area (Å²) in [7, 11) is 1.75. The zero-order valence-corrected chi connectivity index (χ0v) is 12.2. The third-order valence-corrected chi connectivity index (χ3v) is 3.94. The average molecular weight is 291 g/mol. The molecule has 0 aromatic carbocycles. The number of urea groups is 1. The SMILES string of the molecule is CN(CCc1ccncc1)C(=O)NC1CCC(C(=O)O)C1. The van der Waals surface area contributed by atoms with Crippen LogP contribution in [0.15, 0.2) is 24.5 Å². The molecule has 0 spiro atoms. The van der Waals surface area contributed by atoms with Crippen molar-refractivity contribution < 1.29 is 14.7 Å². The van der Waals surface area contributed by atoms with Crippen LogP contribution in [0.5, 0.6) is 0 Å². The molecule has 0 radical (unpaired) electrons. The Kier molecular flexibility index (Phi) is 5.14. The van der Waals surface area contributed by atoms with Gasteiger partial charge in [0.1, 0.15) is 0 Å². The Hall–Kier alpha value is -2.11. The monoisotopic (exact) mass is 291 g/mol. The van der Waals surface area contributed by atoms with Crippen LogP contribution in [0.3, 0.4) is 0 Å². The van der Waals surface area contributed by atoms with E-state index >= 15 is 0 Å². The molecule has 6 heteroatoms. The van der Waals surface area contributed by atoms with Crippen LogP contribution in [0.4, 0.5) is 4.79 Å². The van der Waals surface area contributed by atoms with Crippen LogP contribution in [-0.4, -0.2) is 46.6 Å². The maximum Gasteiger partial charge on any atom is 0.317 e. The third-order valence-electron chi connectivity index (χ3n) is 3.94. The fourth-order valence-corrected chi connectivity index (χ4v) is 2.57. The zero-order valence-electron chi connectivity index (χ0n) is 12.2. The number of rotatable bonds is 5. The second-order valence-electron chi connectivity index (χ2n) is 5.52. The lowest BCUT2D eigenvalue weighted by molar-refractivity contribution is -0.141. The first-order valence-electron chi connectivity index (χ1n) is 7.19. The summed E-state index contributed by atoms with van der Waals surface area (Å²) < 4.78 is 0. The Balaban J connectivity index is 1.74. The number of pyridine rings is 1. The van der Waals surface area contributed by atoms with Gasteiger partial charge in [0.05, 0.1) is 5.92 Å². The molecule has 0 aliphatic heterocycles. The van der Waals surface area contributed by atoms with E-state index in [1.165, 1.54) is 0 Å². The molecule has 1 aliphatic rings. The molecule has 6 nitrogen and oxygen atoms in total. The van der Waals surface area contributed by atoms with E-state index in [2.05, 4.69) is 10.3 Å². The number of aliphatic carboxylic acids is 1. The molecule has 0 saturated heterocycles. The van der Waals surface area contributed by atoms with E-state index in [4.69, 9.17) is 5.11 Å².